The molecule has 4 heterocycles. The van der Waals surface area contributed by atoms with Crippen molar-refractivity contribution in [1.29, 1.82) is 0 Å². The SMILES string of the molecule is CC[N-]Cc1cc(Nc2nc(C)cn3c(-c4cn[nH]c4)cnc23)sn1.[K+]. The van der Waals surface area contributed by atoms with Gasteiger partial charge in [-0.1, -0.05) is 6.92 Å². The van der Waals surface area contributed by atoms with Crippen molar-refractivity contribution in [2.24, 2.45) is 0 Å². The third-order valence-corrected chi connectivity index (χ3v) is 4.45. The molecule has 0 aliphatic heterocycles. The summed E-state index contributed by atoms with van der Waals surface area (Å²) in [5.41, 5.74) is 4.55. The van der Waals surface area contributed by atoms with Gasteiger partial charge in [0.25, 0.3) is 0 Å². The van der Waals surface area contributed by atoms with Gasteiger partial charge in [-0.25, -0.2) is 9.97 Å². The molecule has 0 aliphatic carbocycles. The molecule has 4 aromatic rings. The Hall–Kier alpha value is -1.14. The van der Waals surface area contributed by atoms with Crippen molar-refractivity contribution in [2.45, 2.75) is 20.4 Å². The van der Waals surface area contributed by atoms with Crippen LogP contribution in [0.3, 0.4) is 0 Å². The summed E-state index contributed by atoms with van der Waals surface area (Å²) in [6, 6.07) is 2.00. The van der Waals surface area contributed by atoms with E-state index in [0.717, 1.165) is 39.8 Å². The molecule has 4 rings (SSSR count). The number of hydrogen-bond donors (Lipinski definition) is 2. The zero-order valence-corrected chi connectivity index (χ0v) is 18.8. The van der Waals surface area contributed by atoms with E-state index in [2.05, 4.69) is 35.2 Å². The van der Waals surface area contributed by atoms with Gasteiger partial charge in [0.05, 0.1) is 23.8 Å². The van der Waals surface area contributed by atoms with E-state index < -0.39 is 0 Å². The Labute approximate surface area is 197 Å². The summed E-state index contributed by atoms with van der Waals surface area (Å²) in [6.07, 6.45) is 7.41. The third kappa shape index (κ3) is 4.06. The van der Waals surface area contributed by atoms with Gasteiger partial charge in [-0.05, 0) is 24.5 Å². The van der Waals surface area contributed by atoms with Gasteiger partial charge in [-0.2, -0.15) is 16.0 Å². The van der Waals surface area contributed by atoms with Gasteiger partial charge >= 0.3 is 51.4 Å². The van der Waals surface area contributed by atoms with E-state index in [4.69, 9.17) is 0 Å². The minimum absolute atomic E-state index is 0. The Morgan fingerprint density at radius 3 is 3.00 bits per heavy atom. The Morgan fingerprint density at radius 2 is 2.23 bits per heavy atom. The molecule has 0 spiro atoms. The zero-order chi connectivity index (χ0) is 17.2. The first-order chi connectivity index (χ1) is 12.2. The van der Waals surface area contributed by atoms with E-state index in [0.29, 0.717) is 12.4 Å². The summed E-state index contributed by atoms with van der Waals surface area (Å²) >= 11 is 1.40. The zero-order valence-electron chi connectivity index (χ0n) is 14.9. The molecule has 0 saturated carbocycles. The maximum absolute atomic E-state index is 4.60. The van der Waals surface area contributed by atoms with Crippen molar-refractivity contribution in [2.75, 3.05) is 11.9 Å². The number of anilines is 2. The number of aryl methyl sites for hydroxylation is 1. The van der Waals surface area contributed by atoms with Crippen LogP contribution >= 0.6 is 11.5 Å². The summed E-state index contributed by atoms with van der Waals surface area (Å²) < 4.78 is 6.43. The standard InChI is InChI=1S/C16H17N8S.K/c1-3-17-7-12-4-14(25-23-12)22-15-16-18-8-13(11-5-19-20-6-11)24(16)9-10(2)21-15;/h4-6,8-9H,3,7H2,1-2H3,(H,19,20)(H,21,22);/q-1;+1. The molecule has 4 aromatic heterocycles. The predicted octanol–water partition coefficient (Wildman–Crippen LogP) is 0.526. The molecule has 0 unspecified atom stereocenters. The second kappa shape index (κ2) is 8.70. The Balaban J connectivity index is 0.00000196. The molecule has 0 saturated heterocycles. The smallest absolute Gasteiger partial charge is 0.657 e. The fourth-order valence-corrected chi connectivity index (χ4v) is 3.24. The van der Waals surface area contributed by atoms with Crippen LogP contribution in [-0.4, -0.2) is 35.5 Å². The number of nitrogens with one attached hydrogen (secondary N) is 2. The van der Waals surface area contributed by atoms with E-state index in [9.17, 15) is 0 Å². The molecule has 0 fully saturated rings. The monoisotopic (exact) mass is 392 g/mol. The van der Waals surface area contributed by atoms with Crippen molar-refractivity contribution in [3.63, 3.8) is 0 Å². The molecule has 0 amide bonds. The number of imidazole rings is 1. The molecular weight excluding hydrogens is 375 g/mol. The minimum Gasteiger partial charge on any atom is -0.657 e. The summed E-state index contributed by atoms with van der Waals surface area (Å²) in [4.78, 5) is 9.13. The van der Waals surface area contributed by atoms with E-state index in [1.165, 1.54) is 11.5 Å². The normalized spacial score (nSPS) is 10.8. The second-order valence-corrected chi connectivity index (χ2v) is 6.37. The molecule has 0 bridgehead atoms. The maximum atomic E-state index is 4.60. The average molecular weight is 393 g/mol. The van der Waals surface area contributed by atoms with Crippen molar-refractivity contribution >= 4 is 28.0 Å². The molecule has 8 nitrogen and oxygen atoms in total. The van der Waals surface area contributed by atoms with E-state index in [-0.39, 0.29) is 51.4 Å². The molecule has 0 atom stereocenters. The van der Waals surface area contributed by atoms with Gasteiger partial charge in [0.1, 0.15) is 5.00 Å². The van der Waals surface area contributed by atoms with Crippen LogP contribution in [0.2, 0.25) is 0 Å². The Bertz CT molecular complexity index is 991. The van der Waals surface area contributed by atoms with Crippen molar-refractivity contribution in [1.82, 2.24) is 28.9 Å². The number of rotatable bonds is 6. The fourth-order valence-electron chi connectivity index (χ4n) is 2.59. The number of aromatic amines is 1. The van der Waals surface area contributed by atoms with Crippen LogP contribution in [0.25, 0.3) is 22.2 Å². The number of H-pyrrole nitrogens is 1. The maximum Gasteiger partial charge on any atom is 1.00 e. The molecule has 0 aliphatic rings. The van der Waals surface area contributed by atoms with E-state index in [1.54, 1.807) is 6.20 Å². The molecule has 128 valence electrons. The second-order valence-electron chi connectivity index (χ2n) is 5.56. The third-order valence-electron chi connectivity index (χ3n) is 3.70. The van der Waals surface area contributed by atoms with Crippen LogP contribution in [0.1, 0.15) is 18.3 Å². The molecule has 2 N–H and O–H groups in total. The summed E-state index contributed by atoms with van der Waals surface area (Å²) in [6.45, 7) is 5.42. The molecular formula is C16H17KN8S. The van der Waals surface area contributed by atoms with Crippen LogP contribution < -0.4 is 56.7 Å². The quantitative estimate of drug-likeness (QED) is 0.466. The van der Waals surface area contributed by atoms with Gasteiger partial charge in [-0.15, -0.1) is 6.54 Å². The first kappa shape index (κ1) is 19.6. The number of aromatic nitrogens is 6. The number of hydrogen-bond acceptors (Lipinski definition) is 6. The Kier molecular flexibility index (Phi) is 6.56. The largest absolute Gasteiger partial charge is 1.00 e. The van der Waals surface area contributed by atoms with Crippen LogP contribution in [-0.2, 0) is 6.54 Å². The first-order valence-electron chi connectivity index (χ1n) is 7.94. The van der Waals surface area contributed by atoms with E-state index in [1.807, 2.05) is 42.9 Å². The van der Waals surface area contributed by atoms with Crippen LogP contribution in [0.5, 0.6) is 0 Å². The molecule has 0 radical (unpaired) electrons. The van der Waals surface area contributed by atoms with Crippen LogP contribution in [0.4, 0.5) is 10.8 Å². The first-order valence-corrected chi connectivity index (χ1v) is 8.71. The van der Waals surface area contributed by atoms with Crippen LogP contribution in [0.15, 0.2) is 30.9 Å². The van der Waals surface area contributed by atoms with E-state index >= 15 is 0 Å². The summed E-state index contributed by atoms with van der Waals surface area (Å²) in [7, 11) is 0. The molecule has 10 heteroatoms. The summed E-state index contributed by atoms with van der Waals surface area (Å²) in [5.74, 6) is 0.706. The van der Waals surface area contributed by atoms with Gasteiger partial charge < -0.3 is 10.6 Å². The predicted molar refractivity (Wildman–Crippen MR) is 98.3 cm³/mol. The van der Waals surface area contributed by atoms with Crippen molar-refractivity contribution in [3.05, 3.63) is 47.6 Å². The van der Waals surface area contributed by atoms with Crippen molar-refractivity contribution in [3.8, 4) is 11.3 Å². The minimum atomic E-state index is 0. The van der Waals surface area contributed by atoms with Crippen LogP contribution in [0, 0.1) is 6.92 Å². The number of nitrogens with zero attached hydrogens (tertiary/aromatic N) is 6. The Morgan fingerprint density at radius 1 is 1.35 bits per heavy atom. The van der Waals surface area contributed by atoms with Gasteiger partial charge in [-0.3, -0.25) is 9.50 Å². The molecule has 26 heavy (non-hydrogen) atoms. The fraction of sp³-hybridized carbons (Fsp3) is 0.250. The number of fused-ring (bicyclic) bond motifs is 1. The van der Waals surface area contributed by atoms with Gasteiger partial charge in [0.2, 0.25) is 0 Å². The summed E-state index contributed by atoms with van der Waals surface area (Å²) in [5, 5.41) is 15.4. The van der Waals surface area contributed by atoms with Crippen molar-refractivity contribution < 1.29 is 51.4 Å². The molecule has 0 aromatic carbocycles. The van der Waals surface area contributed by atoms with Gasteiger partial charge in [0, 0.05) is 23.7 Å². The average Bonchev–Trinajstić information content (AvgIpc) is 3.33. The topological polar surface area (TPSA) is 97.9 Å². The van der Waals surface area contributed by atoms with Gasteiger partial charge in [0.15, 0.2) is 11.5 Å².